The van der Waals surface area contributed by atoms with E-state index in [1.165, 1.54) is 0 Å². The van der Waals surface area contributed by atoms with Crippen molar-refractivity contribution in [3.63, 3.8) is 0 Å². The van der Waals surface area contributed by atoms with E-state index in [0.29, 0.717) is 29.9 Å². The second-order valence-corrected chi connectivity index (χ2v) is 7.37. The number of rotatable bonds is 4. The number of carbonyl (C=O) groups excluding carboxylic acids is 1. The van der Waals surface area contributed by atoms with E-state index < -0.39 is 0 Å². The number of pyridine rings is 1. The van der Waals surface area contributed by atoms with Crippen LogP contribution in [-0.2, 0) is 0 Å². The third-order valence-corrected chi connectivity index (χ3v) is 5.51. The molecule has 1 aliphatic carbocycles. The highest BCUT2D eigenvalue weighted by molar-refractivity contribution is 5.95. The summed E-state index contributed by atoms with van der Waals surface area (Å²) in [7, 11) is 0. The number of para-hydroxylation sites is 1. The monoisotopic (exact) mass is 376 g/mol. The smallest absolute Gasteiger partial charge is 0.251 e. The number of benzene rings is 2. The number of fused-ring (bicyclic) bond motifs is 2. The Morgan fingerprint density at radius 3 is 2.79 bits per heavy atom. The molecule has 1 aliphatic heterocycles. The molecule has 1 saturated carbocycles. The van der Waals surface area contributed by atoms with Crippen LogP contribution in [0, 0.1) is 5.92 Å². The van der Waals surface area contributed by atoms with Crippen molar-refractivity contribution in [1.82, 2.24) is 10.3 Å². The lowest BCUT2D eigenvalue weighted by molar-refractivity contribution is 0.0235. The van der Waals surface area contributed by atoms with Crippen LogP contribution in [-0.4, -0.2) is 28.9 Å². The van der Waals surface area contributed by atoms with Crippen LogP contribution < -0.4 is 14.8 Å². The fourth-order valence-corrected chi connectivity index (χ4v) is 3.90. The summed E-state index contributed by atoms with van der Waals surface area (Å²) in [4.78, 5) is 17.5. The van der Waals surface area contributed by atoms with Crippen LogP contribution in [0.1, 0.15) is 34.8 Å². The molecule has 1 aromatic heterocycles. The van der Waals surface area contributed by atoms with Gasteiger partial charge in [0.15, 0.2) is 11.5 Å². The van der Waals surface area contributed by atoms with E-state index in [4.69, 9.17) is 9.47 Å². The van der Waals surface area contributed by atoms with Gasteiger partial charge in [0.05, 0.1) is 17.7 Å². The van der Waals surface area contributed by atoms with Gasteiger partial charge in [-0.3, -0.25) is 9.78 Å². The van der Waals surface area contributed by atoms with Gasteiger partial charge >= 0.3 is 0 Å². The molecular formula is C22H20N2O4. The molecule has 2 aromatic carbocycles. The van der Waals surface area contributed by atoms with Gasteiger partial charge in [0.2, 0.25) is 6.79 Å². The molecule has 28 heavy (non-hydrogen) atoms. The fourth-order valence-electron chi connectivity index (χ4n) is 3.90. The zero-order chi connectivity index (χ0) is 19.1. The van der Waals surface area contributed by atoms with Gasteiger partial charge in [0.1, 0.15) is 0 Å². The van der Waals surface area contributed by atoms with Gasteiger partial charge in [0, 0.05) is 17.1 Å². The van der Waals surface area contributed by atoms with Gasteiger partial charge in [-0.1, -0.05) is 18.2 Å². The Hall–Kier alpha value is -3.12. The van der Waals surface area contributed by atoms with Crippen molar-refractivity contribution in [2.45, 2.75) is 25.0 Å². The molecule has 0 radical (unpaired) electrons. The molecule has 1 fully saturated rings. The van der Waals surface area contributed by atoms with Crippen LogP contribution >= 0.6 is 0 Å². The highest BCUT2D eigenvalue weighted by atomic mass is 16.7. The van der Waals surface area contributed by atoms with E-state index in [1.807, 2.05) is 30.5 Å². The summed E-state index contributed by atoms with van der Waals surface area (Å²) in [6, 6.07) is 14.9. The molecule has 0 bridgehead atoms. The van der Waals surface area contributed by atoms with Crippen LogP contribution in [0.4, 0.5) is 0 Å². The number of carbonyl (C=O) groups is 1. The number of aromatic nitrogens is 1. The summed E-state index contributed by atoms with van der Waals surface area (Å²) in [6.07, 6.45) is 2.85. The van der Waals surface area contributed by atoms with E-state index >= 15 is 0 Å². The highest BCUT2D eigenvalue weighted by Crippen LogP contribution is 2.39. The summed E-state index contributed by atoms with van der Waals surface area (Å²) in [6.45, 7) is 0.172. The fraction of sp³-hybridized carbons (Fsp3) is 0.273. The summed E-state index contributed by atoms with van der Waals surface area (Å²) < 4.78 is 10.7. The van der Waals surface area contributed by atoms with Crippen LogP contribution in [0.5, 0.6) is 11.5 Å². The van der Waals surface area contributed by atoms with Crippen LogP contribution in [0.25, 0.3) is 10.9 Å². The van der Waals surface area contributed by atoms with Crippen LogP contribution in [0.15, 0.2) is 54.7 Å². The molecule has 5 rings (SSSR count). The van der Waals surface area contributed by atoms with Crippen molar-refractivity contribution in [3.8, 4) is 11.5 Å². The summed E-state index contributed by atoms with van der Waals surface area (Å²) in [5, 5.41) is 14.0. The number of amides is 1. The third kappa shape index (κ3) is 3.05. The molecule has 6 heteroatoms. The van der Waals surface area contributed by atoms with Crippen LogP contribution in [0.2, 0.25) is 0 Å². The van der Waals surface area contributed by atoms with Crippen molar-refractivity contribution in [2.75, 3.05) is 6.79 Å². The first-order chi connectivity index (χ1) is 13.7. The molecule has 1 atom stereocenters. The summed E-state index contributed by atoms with van der Waals surface area (Å²) >= 11 is 0. The molecule has 3 aromatic rings. The number of hydrogen-bond acceptors (Lipinski definition) is 5. The number of aliphatic hydroxyl groups is 1. The predicted octanol–water partition coefficient (Wildman–Crippen LogP) is 3.21. The van der Waals surface area contributed by atoms with Crippen molar-refractivity contribution in [1.29, 1.82) is 0 Å². The largest absolute Gasteiger partial charge is 0.454 e. The quantitative estimate of drug-likeness (QED) is 0.731. The number of nitrogens with zero attached hydrogens (tertiary/aromatic N) is 1. The van der Waals surface area contributed by atoms with E-state index in [9.17, 15) is 9.90 Å². The Morgan fingerprint density at radius 1 is 1.11 bits per heavy atom. The Bertz CT molecular complexity index is 1050. The first-order valence-electron chi connectivity index (χ1n) is 9.40. The molecule has 6 nitrogen and oxygen atoms in total. The second kappa shape index (κ2) is 6.80. The Labute approximate surface area is 162 Å². The minimum absolute atomic E-state index is 0.172. The van der Waals surface area contributed by atoms with E-state index in [-0.39, 0.29) is 30.8 Å². The maximum absolute atomic E-state index is 12.9. The van der Waals surface area contributed by atoms with Gasteiger partial charge in [-0.2, -0.15) is 0 Å². The maximum Gasteiger partial charge on any atom is 0.251 e. The van der Waals surface area contributed by atoms with Gasteiger partial charge in [-0.25, -0.2) is 0 Å². The molecule has 0 saturated heterocycles. The minimum atomic E-state index is -0.302. The average Bonchev–Trinajstić information content (AvgIpc) is 3.17. The topological polar surface area (TPSA) is 80.7 Å². The summed E-state index contributed by atoms with van der Waals surface area (Å²) in [5.74, 6) is 1.22. The Kier molecular flexibility index (Phi) is 4.13. The van der Waals surface area contributed by atoms with Gasteiger partial charge < -0.3 is 19.9 Å². The molecule has 0 unspecified atom stereocenters. The lowest BCUT2D eigenvalue weighted by Gasteiger charge is -2.38. The number of aliphatic hydroxyl groups excluding tert-OH is 1. The number of nitrogens with one attached hydrogen (secondary N) is 1. The molecule has 2 aliphatic rings. The van der Waals surface area contributed by atoms with E-state index in [0.717, 1.165) is 16.5 Å². The zero-order valence-electron chi connectivity index (χ0n) is 15.2. The van der Waals surface area contributed by atoms with Crippen molar-refractivity contribution >= 4 is 16.8 Å². The molecular weight excluding hydrogens is 356 g/mol. The van der Waals surface area contributed by atoms with Crippen molar-refractivity contribution < 1.29 is 19.4 Å². The standard InChI is InChI=1S/C22H20N2O4/c25-17-8-15(9-17)21(16-7-13-3-1-2-4-18(13)23-11-16)24-22(26)14-5-6-19-20(10-14)28-12-27-19/h1-7,10-11,15,17,21,25H,8-9,12H2,(H,24,26)/t15?,17?,21-/m0/s1. The first kappa shape index (κ1) is 17.0. The normalized spacial score (nSPS) is 21.2. The summed E-state index contributed by atoms with van der Waals surface area (Å²) in [5.41, 5.74) is 2.38. The lowest BCUT2D eigenvalue weighted by Crippen LogP contribution is -2.41. The van der Waals surface area contributed by atoms with Crippen molar-refractivity contribution in [2.24, 2.45) is 5.92 Å². The van der Waals surface area contributed by atoms with Crippen molar-refractivity contribution in [3.05, 3.63) is 65.9 Å². The second-order valence-electron chi connectivity index (χ2n) is 7.37. The van der Waals surface area contributed by atoms with Crippen LogP contribution in [0.3, 0.4) is 0 Å². The number of ether oxygens (including phenoxy) is 2. The predicted molar refractivity (Wildman–Crippen MR) is 103 cm³/mol. The highest BCUT2D eigenvalue weighted by Gasteiger charge is 2.36. The Morgan fingerprint density at radius 2 is 1.93 bits per heavy atom. The lowest BCUT2D eigenvalue weighted by atomic mass is 9.75. The SMILES string of the molecule is O=C(N[C@H](c1cnc2ccccc2c1)C1CC(O)C1)c1ccc2c(c1)OCO2. The van der Waals surface area contributed by atoms with Gasteiger partial charge in [-0.15, -0.1) is 0 Å². The first-order valence-corrected chi connectivity index (χ1v) is 9.40. The molecule has 2 N–H and O–H groups in total. The molecule has 1 amide bonds. The van der Waals surface area contributed by atoms with Gasteiger partial charge in [0.25, 0.3) is 5.91 Å². The molecule has 2 heterocycles. The average molecular weight is 376 g/mol. The zero-order valence-corrected chi connectivity index (χ0v) is 15.2. The van der Waals surface area contributed by atoms with E-state index in [2.05, 4.69) is 16.4 Å². The Balaban J connectivity index is 1.44. The van der Waals surface area contributed by atoms with Gasteiger partial charge in [-0.05, 0) is 54.7 Å². The third-order valence-electron chi connectivity index (χ3n) is 5.51. The van der Waals surface area contributed by atoms with E-state index in [1.54, 1.807) is 18.2 Å². The molecule has 0 spiro atoms. The minimum Gasteiger partial charge on any atom is -0.454 e. The number of hydrogen-bond donors (Lipinski definition) is 2. The molecule has 142 valence electrons. The maximum atomic E-state index is 12.9.